The number of hydrogen-bond donors (Lipinski definition) is 0. The second kappa shape index (κ2) is 7.41. The smallest absolute Gasteiger partial charge is 0.344 e. The normalized spacial score (nSPS) is 25.8. The summed E-state index contributed by atoms with van der Waals surface area (Å²) >= 11 is 0. The fourth-order valence-electron chi connectivity index (χ4n) is 4.83. The average molecular weight is 375 g/mol. The van der Waals surface area contributed by atoms with Crippen LogP contribution >= 0.6 is 0 Å². The zero-order valence-electron chi connectivity index (χ0n) is 16.6. The summed E-state index contributed by atoms with van der Waals surface area (Å²) in [6.07, 6.45) is 3.16. The molecule has 0 unspecified atom stereocenters. The Kier molecular flexibility index (Phi) is 5.36. The summed E-state index contributed by atoms with van der Waals surface area (Å²) < 4.78 is 15.6. The number of rotatable bonds is 6. The third kappa shape index (κ3) is 4.73. The van der Waals surface area contributed by atoms with E-state index in [0.717, 1.165) is 25.8 Å². The van der Waals surface area contributed by atoms with E-state index < -0.39 is 5.97 Å². The fraction of sp³-hybridized carbons (Fsp3) is 0.619. The molecule has 1 saturated heterocycles. The Morgan fingerprint density at radius 2 is 1.74 bits per heavy atom. The van der Waals surface area contributed by atoms with Gasteiger partial charge in [0.25, 0.3) is 5.91 Å². The average Bonchev–Trinajstić information content (AvgIpc) is 2.87. The molecule has 1 aliphatic heterocycles. The van der Waals surface area contributed by atoms with Gasteiger partial charge in [0.2, 0.25) is 0 Å². The lowest BCUT2D eigenvalue weighted by molar-refractivity contribution is -0.154. The molecule has 0 aromatic heterocycles. The number of hydrogen-bond acceptors (Lipinski definition) is 5. The molecule has 2 bridgehead atoms. The van der Waals surface area contributed by atoms with Crippen LogP contribution in [0.3, 0.4) is 0 Å². The molecule has 1 amide bonds. The topological polar surface area (TPSA) is 65.1 Å². The highest BCUT2D eigenvalue weighted by molar-refractivity contribution is 5.81. The third-order valence-corrected chi connectivity index (χ3v) is 5.51. The van der Waals surface area contributed by atoms with Crippen molar-refractivity contribution >= 4 is 11.9 Å². The second-order valence-corrected chi connectivity index (χ2v) is 8.86. The van der Waals surface area contributed by atoms with E-state index in [1.165, 1.54) is 0 Å². The van der Waals surface area contributed by atoms with Crippen LogP contribution < -0.4 is 9.47 Å². The van der Waals surface area contributed by atoms with Gasteiger partial charge in [-0.25, -0.2) is 4.79 Å². The van der Waals surface area contributed by atoms with E-state index in [-0.39, 0.29) is 36.0 Å². The minimum atomic E-state index is -0.548. The van der Waals surface area contributed by atoms with Crippen molar-refractivity contribution in [3.05, 3.63) is 24.3 Å². The summed E-state index contributed by atoms with van der Waals surface area (Å²) in [5.41, 5.74) is 0.416. The van der Waals surface area contributed by atoms with Crippen LogP contribution in [0.1, 0.15) is 40.0 Å². The summed E-state index contributed by atoms with van der Waals surface area (Å²) in [6.45, 7) is 7.08. The largest absolute Gasteiger partial charge is 0.497 e. The maximum Gasteiger partial charge on any atom is 0.344 e. The summed E-state index contributed by atoms with van der Waals surface area (Å²) in [5.74, 6) is 0.595. The van der Waals surface area contributed by atoms with Crippen LogP contribution in [0.2, 0.25) is 0 Å². The van der Waals surface area contributed by atoms with Crippen LogP contribution in [-0.2, 0) is 14.3 Å². The number of carbonyl (C=O) groups is 2. The fourth-order valence-corrected chi connectivity index (χ4v) is 4.83. The number of carbonyl (C=O) groups excluding carboxylic acids is 2. The maximum absolute atomic E-state index is 12.6. The molecule has 2 aliphatic rings. The van der Waals surface area contributed by atoms with Crippen molar-refractivity contribution < 1.29 is 23.8 Å². The molecule has 6 heteroatoms. The van der Waals surface area contributed by atoms with E-state index in [4.69, 9.17) is 14.2 Å². The standard InChI is InChI=1S/C21H29NO5/c1-20(2)9-15-10-21(3,13-20)14-22(15)18(23)11-27-19(24)12-26-17-7-5-16(25-4)6-8-17/h5-8,15H,9-14H2,1-4H3/t15-,21-/m0/s1. The van der Waals surface area contributed by atoms with Gasteiger partial charge in [0.1, 0.15) is 11.5 Å². The molecule has 2 atom stereocenters. The highest BCUT2D eigenvalue weighted by Crippen LogP contribution is 2.52. The van der Waals surface area contributed by atoms with Gasteiger partial charge in [0.05, 0.1) is 7.11 Å². The van der Waals surface area contributed by atoms with Gasteiger partial charge in [-0.15, -0.1) is 0 Å². The Balaban J connectivity index is 1.45. The molecule has 0 N–H and O–H groups in total. The van der Waals surface area contributed by atoms with E-state index >= 15 is 0 Å². The van der Waals surface area contributed by atoms with Crippen LogP contribution in [0.4, 0.5) is 0 Å². The minimum Gasteiger partial charge on any atom is -0.497 e. The molecule has 3 rings (SSSR count). The number of amides is 1. The van der Waals surface area contributed by atoms with Gasteiger partial charge < -0.3 is 19.1 Å². The number of likely N-dealkylation sites (tertiary alicyclic amines) is 1. The lowest BCUT2D eigenvalue weighted by atomic mass is 9.65. The van der Waals surface area contributed by atoms with E-state index in [0.29, 0.717) is 11.5 Å². The van der Waals surface area contributed by atoms with Gasteiger partial charge >= 0.3 is 5.97 Å². The Bertz CT molecular complexity index is 699. The number of fused-ring (bicyclic) bond motifs is 2. The third-order valence-electron chi connectivity index (χ3n) is 5.51. The lowest BCUT2D eigenvalue weighted by Gasteiger charge is -2.39. The van der Waals surface area contributed by atoms with Crippen molar-refractivity contribution in [2.45, 2.75) is 46.1 Å². The highest BCUT2D eigenvalue weighted by atomic mass is 16.6. The van der Waals surface area contributed by atoms with Gasteiger partial charge in [0.15, 0.2) is 13.2 Å². The SMILES string of the molecule is COc1ccc(OCC(=O)OCC(=O)N2C[C@@]3(C)C[C@@H]2CC(C)(C)C3)cc1. The van der Waals surface area contributed by atoms with Crippen LogP contribution in [0.5, 0.6) is 11.5 Å². The maximum atomic E-state index is 12.6. The molecule has 6 nitrogen and oxygen atoms in total. The quantitative estimate of drug-likeness (QED) is 0.715. The molecular formula is C21H29NO5. The van der Waals surface area contributed by atoms with Gasteiger partial charge in [0, 0.05) is 12.6 Å². The van der Waals surface area contributed by atoms with Crippen molar-refractivity contribution in [3.63, 3.8) is 0 Å². The molecule has 1 heterocycles. The van der Waals surface area contributed by atoms with Gasteiger partial charge in [-0.05, 0) is 54.4 Å². The Morgan fingerprint density at radius 1 is 1.07 bits per heavy atom. The van der Waals surface area contributed by atoms with Crippen molar-refractivity contribution in [2.24, 2.45) is 10.8 Å². The van der Waals surface area contributed by atoms with Crippen molar-refractivity contribution in [2.75, 3.05) is 26.9 Å². The minimum absolute atomic E-state index is 0.112. The van der Waals surface area contributed by atoms with Crippen LogP contribution in [0.25, 0.3) is 0 Å². The predicted octanol–water partition coefficient (Wildman–Crippen LogP) is 3.04. The molecule has 2 fully saturated rings. The van der Waals surface area contributed by atoms with Crippen LogP contribution in [0, 0.1) is 10.8 Å². The van der Waals surface area contributed by atoms with E-state index in [1.54, 1.807) is 31.4 Å². The molecule has 148 valence electrons. The highest BCUT2D eigenvalue weighted by Gasteiger charge is 2.50. The summed E-state index contributed by atoms with van der Waals surface area (Å²) in [4.78, 5) is 26.4. The first-order chi connectivity index (χ1) is 12.7. The first-order valence-corrected chi connectivity index (χ1v) is 9.42. The van der Waals surface area contributed by atoms with E-state index in [1.807, 2.05) is 4.90 Å². The number of nitrogens with zero attached hydrogens (tertiary/aromatic N) is 1. The Labute approximate surface area is 160 Å². The zero-order valence-corrected chi connectivity index (χ0v) is 16.6. The number of benzene rings is 1. The number of esters is 1. The van der Waals surface area contributed by atoms with Crippen LogP contribution in [-0.4, -0.2) is 49.7 Å². The van der Waals surface area contributed by atoms with Gasteiger partial charge in [-0.1, -0.05) is 20.8 Å². The lowest BCUT2D eigenvalue weighted by Crippen LogP contribution is -2.40. The van der Waals surface area contributed by atoms with Crippen molar-refractivity contribution in [3.8, 4) is 11.5 Å². The molecule has 0 spiro atoms. The summed E-state index contributed by atoms with van der Waals surface area (Å²) in [6, 6.07) is 7.17. The Hall–Kier alpha value is -2.24. The molecular weight excluding hydrogens is 346 g/mol. The van der Waals surface area contributed by atoms with Gasteiger partial charge in [-0.3, -0.25) is 4.79 Å². The molecule has 1 aromatic rings. The monoisotopic (exact) mass is 375 g/mol. The molecule has 1 aliphatic carbocycles. The van der Waals surface area contributed by atoms with Gasteiger partial charge in [-0.2, -0.15) is 0 Å². The molecule has 27 heavy (non-hydrogen) atoms. The predicted molar refractivity (Wildman–Crippen MR) is 101 cm³/mol. The number of ether oxygens (including phenoxy) is 3. The summed E-state index contributed by atoms with van der Waals surface area (Å²) in [7, 11) is 1.58. The summed E-state index contributed by atoms with van der Waals surface area (Å²) in [5, 5.41) is 0. The molecule has 0 radical (unpaired) electrons. The van der Waals surface area contributed by atoms with Crippen molar-refractivity contribution in [1.29, 1.82) is 0 Å². The van der Waals surface area contributed by atoms with E-state index in [9.17, 15) is 9.59 Å². The van der Waals surface area contributed by atoms with Crippen LogP contribution in [0.15, 0.2) is 24.3 Å². The van der Waals surface area contributed by atoms with Crippen molar-refractivity contribution in [1.82, 2.24) is 4.90 Å². The molecule has 1 saturated carbocycles. The second-order valence-electron chi connectivity index (χ2n) is 8.86. The number of methoxy groups -OCH3 is 1. The van der Waals surface area contributed by atoms with E-state index in [2.05, 4.69) is 20.8 Å². The first-order valence-electron chi connectivity index (χ1n) is 9.42. The Morgan fingerprint density at radius 3 is 2.41 bits per heavy atom. The first kappa shape index (κ1) is 19.5. The molecule has 1 aromatic carbocycles. The zero-order chi connectivity index (χ0) is 19.7.